The van der Waals surface area contributed by atoms with Crippen molar-refractivity contribution in [3.8, 4) is 5.75 Å². The molecule has 9 heteroatoms. The fourth-order valence-electron chi connectivity index (χ4n) is 4.44. The van der Waals surface area contributed by atoms with Gasteiger partial charge in [0, 0.05) is 12.6 Å². The van der Waals surface area contributed by atoms with Crippen LogP contribution in [0.3, 0.4) is 0 Å². The average Bonchev–Trinajstić information content (AvgIpc) is 2.76. The largest absolute Gasteiger partial charge is 0.492 e. The first-order valence-corrected chi connectivity index (χ1v) is 12.3. The van der Waals surface area contributed by atoms with Gasteiger partial charge in [0.25, 0.3) is 10.0 Å². The number of rotatable bonds is 1. The van der Waals surface area contributed by atoms with Gasteiger partial charge in [0.05, 0.1) is 23.5 Å². The number of aryl methyl sites for hydroxylation is 1. The summed E-state index contributed by atoms with van der Waals surface area (Å²) in [7, 11) is -4.21. The van der Waals surface area contributed by atoms with E-state index in [1.165, 1.54) is 24.3 Å². The van der Waals surface area contributed by atoms with Gasteiger partial charge in [-0.05, 0) is 81.3 Å². The van der Waals surface area contributed by atoms with Crippen LogP contribution in [0.5, 0.6) is 5.75 Å². The highest BCUT2D eigenvalue weighted by Crippen LogP contribution is 2.37. The van der Waals surface area contributed by atoms with Crippen LogP contribution >= 0.6 is 0 Å². The number of ether oxygens (including phenoxy) is 1. The number of benzene rings is 2. The van der Waals surface area contributed by atoms with Crippen molar-refractivity contribution >= 4 is 27.4 Å². The number of piperidine rings is 1. The smallest absolute Gasteiger partial charge is 0.335 e. The van der Waals surface area contributed by atoms with Crippen LogP contribution in [0.25, 0.3) is 0 Å². The Hall–Kier alpha value is -2.81. The van der Waals surface area contributed by atoms with Crippen molar-refractivity contribution < 1.29 is 27.4 Å². The molecule has 32 heavy (non-hydrogen) atoms. The lowest BCUT2D eigenvalue weighted by atomic mass is 9.96. The van der Waals surface area contributed by atoms with Crippen LogP contribution in [0.4, 0.5) is 15.8 Å². The number of nitrogens with zero attached hydrogens (tertiary/aromatic N) is 1. The molecular formula is C23H27FN2O5S. The second kappa shape index (κ2) is 8.97. The van der Waals surface area contributed by atoms with Crippen molar-refractivity contribution in [2.24, 2.45) is 0 Å². The number of fused-ring (bicyclic) bond motifs is 4. The fraction of sp³-hybridized carbons (Fsp3) is 0.435. The summed E-state index contributed by atoms with van der Waals surface area (Å²) in [6.07, 6.45) is 5.50. The first kappa shape index (κ1) is 22.4. The zero-order valence-electron chi connectivity index (χ0n) is 17.9. The van der Waals surface area contributed by atoms with Crippen LogP contribution < -0.4 is 14.4 Å². The highest BCUT2D eigenvalue weighted by molar-refractivity contribution is 7.92. The van der Waals surface area contributed by atoms with Gasteiger partial charge < -0.3 is 14.7 Å². The van der Waals surface area contributed by atoms with Gasteiger partial charge in [0.1, 0.15) is 16.5 Å². The number of carboxylic acid groups (broad SMARTS) is 1. The molecule has 2 aromatic carbocycles. The maximum Gasteiger partial charge on any atom is 0.335 e. The van der Waals surface area contributed by atoms with E-state index in [-0.39, 0.29) is 27.9 Å². The lowest BCUT2D eigenvalue weighted by molar-refractivity contribution is 0.0696. The number of sulfonamides is 1. The summed E-state index contributed by atoms with van der Waals surface area (Å²) < 4.78 is 49.7. The molecule has 4 rings (SSSR count). The second-order valence-corrected chi connectivity index (χ2v) is 10.0. The summed E-state index contributed by atoms with van der Waals surface area (Å²) in [6, 6.07) is 6.88. The molecule has 0 spiro atoms. The van der Waals surface area contributed by atoms with Crippen LogP contribution in [-0.4, -0.2) is 38.7 Å². The molecule has 0 aromatic heterocycles. The fourth-order valence-corrected chi connectivity index (χ4v) is 5.68. The molecule has 0 aliphatic carbocycles. The third-order valence-electron chi connectivity index (χ3n) is 6.13. The third-order valence-corrected chi connectivity index (χ3v) is 7.51. The normalized spacial score (nSPS) is 20.7. The molecule has 7 nitrogen and oxygen atoms in total. The van der Waals surface area contributed by atoms with E-state index in [9.17, 15) is 22.7 Å². The Bertz CT molecular complexity index is 1140. The van der Waals surface area contributed by atoms with E-state index >= 15 is 0 Å². The van der Waals surface area contributed by atoms with Crippen LogP contribution in [0.2, 0.25) is 0 Å². The summed E-state index contributed by atoms with van der Waals surface area (Å²) in [6.45, 7) is 2.62. The molecule has 172 valence electrons. The van der Waals surface area contributed by atoms with Crippen molar-refractivity contribution in [1.29, 1.82) is 0 Å². The van der Waals surface area contributed by atoms with Gasteiger partial charge in [-0.1, -0.05) is 0 Å². The minimum absolute atomic E-state index is 0.0971. The topological polar surface area (TPSA) is 95.9 Å². The van der Waals surface area contributed by atoms with Gasteiger partial charge in [-0.25, -0.2) is 17.6 Å². The number of carboxylic acids is 1. The minimum atomic E-state index is -4.21. The van der Waals surface area contributed by atoms with Crippen LogP contribution in [-0.2, 0) is 10.0 Å². The van der Waals surface area contributed by atoms with Crippen LogP contribution in [0.1, 0.15) is 54.4 Å². The number of nitrogens with one attached hydrogen (secondary N) is 1. The SMILES string of the molecule is Cc1cc2c(cc1F)N1CCCCC1CCCCOc1ccc(C(=O)O)cc1S(=O)(=O)N2. The Kier molecular flexibility index (Phi) is 6.28. The van der Waals surface area contributed by atoms with Gasteiger partial charge in [-0.3, -0.25) is 4.72 Å². The molecule has 0 saturated carbocycles. The number of hydrogen-bond donors (Lipinski definition) is 2. The second-order valence-electron chi connectivity index (χ2n) is 8.38. The van der Waals surface area contributed by atoms with Gasteiger partial charge in [0.2, 0.25) is 0 Å². The molecule has 0 bridgehead atoms. The van der Waals surface area contributed by atoms with Crippen molar-refractivity contribution in [3.05, 3.63) is 47.3 Å². The number of hydrogen-bond acceptors (Lipinski definition) is 5. The van der Waals surface area contributed by atoms with E-state index in [4.69, 9.17) is 4.74 Å². The lowest BCUT2D eigenvalue weighted by Crippen LogP contribution is -2.40. The molecule has 2 N–H and O–H groups in total. The Morgan fingerprint density at radius 1 is 1.16 bits per heavy atom. The number of aromatic carboxylic acids is 1. The Morgan fingerprint density at radius 3 is 2.66 bits per heavy atom. The quantitative estimate of drug-likeness (QED) is 0.645. The molecule has 1 unspecified atom stereocenters. The van der Waals surface area contributed by atoms with Gasteiger partial charge >= 0.3 is 5.97 Å². The van der Waals surface area contributed by atoms with Gasteiger partial charge in [0.15, 0.2) is 0 Å². The summed E-state index contributed by atoms with van der Waals surface area (Å²) in [5, 5.41) is 9.35. The van der Waals surface area contributed by atoms with Gasteiger partial charge in [-0.2, -0.15) is 0 Å². The summed E-state index contributed by atoms with van der Waals surface area (Å²) in [4.78, 5) is 13.3. The summed E-state index contributed by atoms with van der Waals surface area (Å²) in [5.74, 6) is -1.53. The maximum atomic E-state index is 14.6. The molecular weight excluding hydrogens is 435 g/mol. The molecule has 2 aromatic rings. The number of carbonyl (C=O) groups is 1. The molecule has 1 atom stereocenters. The third kappa shape index (κ3) is 4.53. The predicted octanol–water partition coefficient (Wildman–Crippen LogP) is 4.55. The van der Waals surface area contributed by atoms with Crippen LogP contribution in [0, 0.1) is 12.7 Å². The molecule has 1 saturated heterocycles. The minimum Gasteiger partial charge on any atom is -0.492 e. The van der Waals surface area contributed by atoms with Crippen LogP contribution in [0.15, 0.2) is 35.2 Å². The Labute approximate surface area is 187 Å². The van der Waals surface area contributed by atoms with Crippen molar-refractivity contribution in [2.75, 3.05) is 22.8 Å². The van der Waals surface area contributed by atoms with E-state index < -0.39 is 21.8 Å². The van der Waals surface area contributed by atoms with E-state index in [0.29, 0.717) is 17.9 Å². The molecule has 2 heterocycles. The molecule has 1 fully saturated rings. The first-order chi connectivity index (χ1) is 15.3. The van der Waals surface area contributed by atoms with Crippen molar-refractivity contribution in [1.82, 2.24) is 0 Å². The molecule has 2 aliphatic rings. The highest BCUT2D eigenvalue weighted by atomic mass is 32.2. The van der Waals surface area contributed by atoms with Crippen molar-refractivity contribution in [2.45, 2.75) is 56.4 Å². The Balaban J connectivity index is 1.86. The van der Waals surface area contributed by atoms with E-state index in [2.05, 4.69) is 9.62 Å². The number of anilines is 2. The highest BCUT2D eigenvalue weighted by Gasteiger charge is 2.29. The van der Waals surface area contributed by atoms with E-state index in [1.54, 1.807) is 6.92 Å². The Morgan fingerprint density at radius 2 is 1.91 bits per heavy atom. The standard InChI is InChI=1S/C23H27FN2O5S/c1-15-12-19-20(14-18(15)24)26-10-4-2-6-17(26)7-3-5-11-31-21-9-8-16(23(27)28)13-22(21)32(29,30)25-19/h8-9,12-14,17,25H,2-7,10-11H2,1H3,(H,27,28). The van der Waals surface area contributed by atoms with Gasteiger partial charge in [-0.15, -0.1) is 0 Å². The maximum absolute atomic E-state index is 14.6. The molecule has 0 amide bonds. The molecule has 2 aliphatic heterocycles. The van der Waals surface area contributed by atoms with E-state index in [0.717, 1.165) is 51.1 Å². The zero-order chi connectivity index (χ0) is 22.9. The lowest BCUT2D eigenvalue weighted by Gasteiger charge is -2.39. The predicted molar refractivity (Wildman–Crippen MR) is 120 cm³/mol. The molecule has 0 radical (unpaired) electrons. The monoisotopic (exact) mass is 462 g/mol. The van der Waals surface area contributed by atoms with E-state index in [1.807, 2.05) is 0 Å². The van der Waals surface area contributed by atoms with Crippen molar-refractivity contribution in [3.63, 3.8) is 0 Å². The summed E-state index contributed by atoms with van der Waals surface area (Å²) >= 11 is 0. The number of halogens is 1. The average molecular weight is 463 g/mol. The first-order valence-electron chi connectivity index (χ1n) is 10.9. The zero-order valence-corrected chi connectivity index (χ0v) is 18.8. The summed E-state index contributed by atoms with van der Waals surface area (Å²) in [5.41, 5.74) is 0.952.